The van der Waals surface area contributed by atoms with Gasteiger partial charge in [-0.05, 0) is 6.08 Å². The number of aliphatic hydroxyl groups is 3. The van der Waals surface area contributed by atoms with Crippen LogP contribution in [-0.4, -0.2) is 62.9 Å². The van der Waals surface area contributed by atoms with Crippen LogP contribution in [0.5, 0.6) is 0 Å². The third-order valence-electron chi connectivity index (χ3n) is 3.40. The van der Waals surface area contributed by atoms with Crippen molar-refractivity contribution in [1.82, 2.24) is 9.55 Å². The lowest BCUT2D eigenvalue weighted by atomic mass is 10.1. The maximum Gasteiger partial charge on any atom is 0.351 e. The van der Waals surface area contributed by atoms with Gasteiger partial charge in [-0.15, -0.1) is 0 Å². The minimum Gasteiger partial charge on any atom is -0.466 e. The summed E-state index contributed by atoms with van der Waals surface area (Å²) in [4.78, 5) is 26.6. The summed E-state index contributed by atoms with van der Waals surface area (Å²) in [6.07, 6.45) is -1.48. The number of nitrogens with two attached hydrogens (primary N) is 1. The molecule has 0 spiro atoms. The van der Waals surface area contributed by atoms with Crippen LogP contribution >= 0.6 is 0 Å². The molecule has 1 fully saturated rings. The van der Waals surface area contributed by atoms with Crippen LogP contribution in [0.2, 0.25) is 0 Å². The molecule has 1 saturated heterocycles. The number of hydrogen-bond donors (Lipinski definition) is 4. The molecule has 1 aliphatic rings. The van der Waals surface area contributed by atoms with Crippen LogP contribution in [0, 0.1) is 0 Å². The highest BCUT2D eigenvalue weighted by molar-refractivity contribution is 5.87. The standard InChI is InChI=1S/C13H17N3O7/c1-22-8(18)3-2-6-4-16(13(21)15-11(6)14)12-10(20)9(19)7(5-17)23-12/h2-4,7,9-10,12,17,19-20H,5H2,1H3,(H2,14,15,21)/b3-2+/t7-,9+,10+,12?/m1/s1. The summed E-state index contributed by atoms with van der Waals surface area (Å²) in [5.41, 5.74) is 5.01. The number of aliphatic hydroxyl groups excluding tert-OH is 3. The smallest absolute Gasteiger partial charge is 0.351 e. The fourth-order valence-electron chi connectivity index (χ4n) is 2.14. The molecule has 2 rings (SSSR count). The van der Waals surface area contributed by atoms with E-state index in [9.17, 15) is 19.8 Å². The Morgan fingerprint density at radius 2 is 2.22 bits per heavy atom. The fraction of sp³-hybridized carbons (Fsp3) is 0.462. The summed E-state index contributed by atoms with van der Waals surface area (Å²) in [6.45, 7) is -0.527. The maximum absolute atomic E-state index is 11.9. The lowest BCUT2D eigenvalue weighted by Crippen LogP contribution is -2.36. The van der Waals surface area contributed by atoms with Crippen LogP contribution in [0.15, 0.2) is 17.1 Å². The predicted octanol–water partition coefficient (Wildman–Crippen LogP) is -2.38. The average molecular weight is 327 g/mol. The first-order valence-corrected chi connectivity index (χ1v) is 6.66. The summed E-state index contributed by atoms with van der Waals surface area (Å²) in [6, 6.07) is 0. The van der Waals surface area contributed by atoms with E-state index in [0.29, 0.717) is 0 Å². The number of carbonyl (C=O) groups excluding carboxylic acids is 1. The molecule has 1 aromatic heterocycles. The van der Waals surface area contributed by atoms with Gasteiger partial charge in [-0.3, -0.25) is 4.57 Å². The molecule has 0 radical (unpaired) electrons. The quantitative estimate of drug-likeness (QED) is 0.350. The number of rotatable bonds is 4. The van der Waals surface area contributed by atoms with E-state index in [2.05, 4.69) is 9.72 Å². The molecule has 1 aromatic rings. The fourth-order valence-corrected chi connectivity index (χ4v) is 2.14. The molecule has 1 unspecified atom stereocenters. The Morgan fingerprint density at radius 3 is 2.78 bits per heavy atom. The number of ether oxygens (including phenoxy) is 2. The highest BCUT2D eigenvalue weighted by Gasteiger charge is 2.43. The van der Waals surface area contributed by atoms with Crippen molar-refractivity contribution >= 4 is 17.9 Å². The van der Waals surface area contributed by atoms with E-state index in [-0.39, 0.29) is 11.4 Å². The van der Waals surface area contributed by atoms with Crippen LogP contribution in [-0.2, 0) is 14.3 Å². The average Bonchev–Trinajstić information content (AvgIpc) is 2.81. The highest BCUT2D eigenvalue weighted by atomic mass is 16.6. The second-order valence-electron chi connectivity index (χ2n) is 4.86. The molecule has 0 saturated carbocycles. The Balaban J connectivity index is 2.38. The number of esters is 1. The van der Waals surface area contributed by atoms with Crippen LogP contribution in [0.3, 0.4) is 0 Å². The zero-order valence-electron chi connectivity index (χ0n) is 12.2. The third kappa shape index (κ3) is 3.40. The second-order valence-corrected chi connectivity index (χ2v) is 4.86. The Morgan fingerprint density at radius 1 is 1.52 bits per heavy atom. The first-order valence-electron chi connectivity index (χ1n) is 6.66. The summed E-state index contributed by atoms with van der Waals surface area (Å²) in [5.74, 6) is -0.756. The van der Waals surface area contributed by atoms with E-state index in [1.807, 2.05) is 0 Å². The number of nitrogen functional groups attached to an aromatic ring is 1. The van der Waals surface area contributed by atoms with Crippen molar-refractivity contribution in [2.75, 3.05) is 19.5 Å². The topological polar surface area (TPSA) is 157 Å². The molecule has 0 aliphatic carbocycles. The Bertz CT molecular complexity index is 672. The van der Waals surface area contributed by atoms with Gasteiger partial charge in [0.05, 0.1) is 13.7 Å². The van der Waals surface area contributed by atoms with E-state index in [4.69, 9.17) is 15.6 Å². The van der Waals surface area contributed by atoms with Gasteiger partial charge in [0.15, 0.2) is 6.23 Å². The van der Waals surface area contributed by atoms with Gasteiger partial charge in [0, 0.05) is 17.8 Å². The van der Waals surface area contributed by atoms with Crippen molar-refractivity contribution in [2.24, 2.45) is 0 Å². The molecule has 2 heterocycles. The summed E-state index contributed by atoms with van der Waals surface area (Å²) in [5, 5.41) is 28.8. The van der Waals surface area contributed by atoms with Gasteiger partial charge in [0.25, 0.3) is 0 Å². The van der Waals surface area contributed by atoms with Gasteiger partial charge < -0.3 is 30.5 Å². The van der Waals surface area contributed by atoms with Crippen molar-refractivity contribution in [1.29, 1.82) is 0 Å². The van der Waals surface area contributed by atoms with Gasteiger partial charge in [0.2, 0.25) is 0 Å². The van der Waals surface area contributed by atoms with Gasteiger partial charge in [-0.2, -0.15) is 4.98 Å². The molecule has 0 aromatic carbocycles. The lowest BCUT2D eigenvalue weighted by molar-refractivity contribution is -0.134. The largest absolute Gasteiger partial charge is 0.466 e. The molecule has 0 bridgehead atoms. The van der Waals surface area contributed by atoms with Gasteiger partial charge in [-0.25, -0.2) is 9.59 Å². The number of aromatic nitrogens is 2. The highest BCUT2D eigenvalue weighted by Crippen LogP contribution is 2.28. The lowest BCUT2D eigenvalue weighted by Gasteiger charge is -2.18. The second kappa shape index (κ2) is 6.87. The molecule has 1 aliphatic heterocycles. The number of nitrogens with zero attached hydrogens (tertiary/aromatic N) is 2. The molecule has 10 nitrogen and oxygen atoms in total. The molecule has 4 atom stereocenters. The van der Waals surface area contributed by atoms with E-state index >= 15 is 0 Å². The van der Waals surface area contributed by atoms with Crippen molar-refractivity contribution in [3.05, 3.63) is 28.3 Å². The first kappa shape index (κ1) is 17.1. The van der Waals surface area contributed by atoms with Gasteiger partial charge in [-0.1, -0.05) is 0 Å². The molecule has 0 amide bonds. The predicted molar refractivity (Wildman–Crippen MR) is 77.0 cm³/mol. The molecular weight excluding hydrogens is 310 g/mol. The van der Waals surface area contributed by atoms with E-state index < -0.39 is 42.8 Å². The van der Waals surface area contributed by atoms with Gasteiger partial charge in [0.1, 0.15) is 24.1 Å². The Hall–Kier alpha value is -2.27. The van der Waals surface area contributed by atoms with E-state index in [1.54, 1.807) is 0 Å². The molecule has 126 valence electrons. The third-order valence-corrected chi connectivity index (χ3v) is 3.40. The number of hydrogen-bond acceptors (Lipinski definition) is 9. The van der Waals surface area contributed by atoms with Gasteiger partial charge >= 0.3 is 11.7 Å². The number of carbonyl (C=O) groups is 1. The SMILES string of the molecule is COC(=O)/C=C/c1cn(C2O[C@H](CO)[C@H](O)[C@@H]2O)c(=O)nc1N. The number of methoxy groups -OCH3 is 1. The van der Waals surface area contributed by atoms with Crippen molar-refractivity contribution in [3.63, 3.8) is 0 Å². The minimum absolute atomic E-state index is 0.127. The number of anilines is 1. The summed E-state index contributed by atoms with van der Waals surface area (Å²) >= 11 is 0. The van der Waals surface area contributed by atoms with Crippen molar-refractivity contribution < 1.29 is 29.6 Å². The maximum atomic E-state index is 11.9. The zero-order chi connectivity index (χ0) is 17.1. The van der Waals surface area contributed by atoms with Crippen LogP contribution in [0.4, 0.5) is 5.82 Å². The van der Waals surface area contributed by atoms with Crippen LogP contribution < -0.4 is 11.4 Å². The molecule has 10 heteroatoms. The normalized spacial score (nSPS) is 27.5. The van der Waals surface area contributed by atoms with E-state index in [1.165, 1.54) is 19.4 Å². The summed E-state index contributed by atoms with van der Waals surface area (Å²) in [7, 11) is 1.20. The molecule has 5 N–H and O–H groups in total. The summed E-state index contributed by atoms with van der Waals surface area (Å²) < 4.78 is 10.6. The van der Waals surface area contributed by atoms with Crippen molar-refractivity contribution in [3.8, 4) is 0 Å². The minimum atomic E-state index is -1.44. The Kier molecular flexibility index (Phi) is 5.11. The molecule has 23 heavy (non-hydrogen) atoms. The Labute approximate surface area is 130 Å². The van der Waals surface area contributed by atoms with E-state index in [0.717, 1.165) is 10.6 Å². The molecular formula is C13H17N3O7. The zero-order valence-corrected chi connectivity index (χ0v) is 12.2. The van der Waals surface area contributed by atoms with Crippen LogP contribution in [0.1, 0.15) is 11.8 Å². The van der Waals surface area contributed by atoms with Crippen LogP contribution in [0.25, 0.3) is 6.08 Å². The first-order chi connectivity index (χ1) is 10.9. The van der Waals surface area contributed by atoms with Crippen molar-refractivity contribution in [2.45, 2.75) is 24.5 Å². The monoisotopic (exact) mass is 327 g/mol.